The minimum absolute atomic E-state index is 0.0153. The van der Waals surface area contributed by atoms with Crippen molar-refractivity contribution in [3.63, 3.8) is 0 Å². The second kappa shape index (κ2) is 14.8. The van der Waals surface area contributed by atoms with E-state index in [4.69, 9.17) is 27.9 Å². The van der Waals surface area contributed by atoms with Crippen molar-refractivity contribution < 1.29 is 22.7 Å². The molecule has 8 nitrogen and oxygen atoms in total. The summed E-state index contributed by atoms with van der Waals surface area (Å²) in [7, 11) is -4.18. The van der Waals surface area contributed by atoms with Gasteiger partial charge in [0.15, 0.2) is 0 Å². The van der Waals surface area contributed by atoms with Crippen LogP contribution in [-0.4, -0.2) is 50.4 Å². The Bertz CT molecular complexity index is 1480. The maximum absolute atomic E-state index is 14.1. The number of rotatable bonds is 13. The van der Waals surface area contributed by atoms with E-state index in [1.54, 1.807) is 61.5 Å². The van der Waals surface area contributed by atoms with Crippen molar-refractivity contribution in [2.24, 2.45) is 0 Å². The van der Waals surface area contributed by atoms with Gasteiger partial charge in [-0.15, -0.1) is 0 Å². The van der Waals surface area contributed by atoms with Crippen molar-refractivity contribution >= 4 is 50.7 Å². The molecule has 0 fully saturated rings. The van der Waals surface area contributed by atoms with Crippen LogP contribution < -0.4 is 14.4 Å². The number of carbonyl (C=O) groups is 2. The summed E-state index contributed by atoms with van der Waals surface area (Å²) >= 11 is 12.4. The summed E-state index contributed by atoms with van der Waals surface area (Å²) in [6, 6.07) is 16.9. The molecule has 0 bridgehead atoms. The van der Waals surface area contributed by atoms with Crippen LogP contribution in [0.5, 0.6) is 5.75 Å². The molecule has 0 aliphatic heterocycles. The van der Waals surface area contributed by atoms with Crippen LogP contribution in [0.25, 0.3) is 0 Å². The number of anilines is 1. The lowest BCUT2D eigenvalue weighted by Gasteiger charge is -2.33. The number of hydrogen-bond donors (Lipinski definition) is 1. The molecular formula is C31H37Cl2N3O5S. The third-order valence-electron chi connectivity index (χ3n) is 6.48. The third kappa shape index (κ3) is 8.40. The highest BCUT2D eigenvalue weighted by molar-refractivity contribution is 7.92. The molecule has 0 aliphatic rings. The van der Waals surface area contributed by atoms with Crippen LogP contribution >= 0.6 is 23.2 Å². The van der Waals surface area contributed by atoms with Crippen LogP contribution in [0, 0.1) is 6.92 Å². The van der Waals surface area contributed by atoms with Gasteiger partial charge in [0.05, 0.1) is 27.2 Å². The first-order valence-corrected chi connectivity index (χ1v) is 15.9. The first-order chi connectivity index (χ1) is 19.9. The van der Waals surface area contributed by atoms with Gasteiger partial charge in [-0.2, -0.15) is 0 Å². The lowest BCUT2D eigenvalue weighted by atomic mass is 10.1. The second-order valence-electron chi connectivity index (χ2n) is 10.1. The molecule has 0 heterocycles. The van der Waals surface area contributed by atoms with E-state index in [-0.39, 0.29) is 29.1 Å². The highest BCUT2D eigenvalue weighted by Crippen LogP contribution is 2.28. The van der Waals surface area contributed by atoms with E-state index in [1.165, 1.54) is 17.0 Å². The quantitative estimate of drug-likeness (QED) is 0.241. The molecule has 1 atom stereocenters. The van der Waals surface area contributed by atoms with E-state index < -0.39 is 28.5 Å². The molecule has 42 heavy (non-hydrogen) atoms. The number of ether oxygens (including phenoxy) is 1. The number of amides is 2. The van der Waals surface area contributed by atoms with Gasteiger partial charge in [-0.25, -0.2) is 8.42 Å². The fourth-order valence-corrected chi connectivity index (χ4v) is 6.11. The lowest BCUT2D eigenvalue weighted by molar-refractivity contribution is -0.140. The van der Waals surface area contributed by atoms with Gasteiger partial charge in [0.25, 0.3) is 10.0 Å². The normalized spacial score (nSPS) is 12.1. The topological polar surface area (TPSA) is 96.0 Å². The zero-order valence-corrected chi connectivity index (χ0v) is 26.8. The fraction of sp³-hybridized carbons (Fsp3) is 0.355. The van der Waals surface area contributed by atoms with Crippen molar-refractivity contribution in [2.45, 2.75) is 64.6 Å². The summed E-state index contributed by atoms with van der Waals surface area (Å²) in [5, 5.41) is 3.53. The molecule has 0 saturated carbocycles. The predicted octanol–water partition coefficient (Wildman–Crippen LogP) is 6.23. The summed E-state index contributed by atoms with van der Waals surface area (Å²) in [4.78, 5) is 28.8. The third-order valence-corrected chi connectivity index (χ3v) is 9.00. The zero-order chi connectivity index (χ0) is 31.0. The number of aryl methyl sites for hydroxylation is 1. The van der Waals surface area contributed by atoms with E-state index in [0.29, 0.717) is 34.4 Å². The Labute approximate surface area is 258 Å². The number of benzene rings is 3. The Morgan fingerprint density at radius 2 is 1.57 bits per heavy atom. The van der Waals surface area contributed by atoms with Crippen LogP contribution in [0.3, 0.4) is 0 Å². The standard InChI is InChI=1S/C31H37Cl2N3O5S/c1-6-29(31(38)34-21(3)4)35(19-23-10-17-27(32)28(33)18-23)30(37)20-36(24-11-13-25(14-12-24)41-7-2)42(39,40)26-15-8-22(5)9-16-26/h8-18,21,29H,6-7,19-20H2,1-5H3,(H,34,38)/t29-/m0/s1. The molecule has 11 heteroatoms. The van der Waals surface area contributed by atoms with Crippen molar-refractivity contribution in [3.8, 4) is 5.75 Å². The molecule has 0 unspecified atom stereocenters. The molecule has 0 aromatic heterocycles. The van der Waals surface area contributed by atoms with Gasteiger partial charge < -0.3 is 15.0 Å². The monoisotopic (exact) mass is 633 g/mol. The molecule has 0 saturated heterocycles. The number of hydrogen-bond acceptors (Lipinski definition) is 5. The molecule has 3 aromatic rings. The molecule has 2 amide bonds. The Hall–Kier alpha value is -3.27. The van der Waals surface area contributed by atoms with Crippen LogP contribution in [-0.2, 0) is 26.2 Å². The maximum atomic E-state index is 14.1. The summed E-state index contributed by atoms with van der Waals surface area (Å²) in [6.07, 6.45) is 0.305. The molecule has 0 radical (unpaired) electrons. The van der Waals surface area contributed by atoms with Gasteiger partial charge in [-0.05, 0) is 88.2 Å². The van der Waals surface area contributed by atoms with Crippen molar-refractivity contribution in [1.82, 2.24) is 10.2 Å². The average molecular weight is 635 g/mol. The Morgan fingerprint density at radius 1 is 0.929 bits per heavy atom. The van der Waals surface area contributed by atoms with Crippen molar-refractivity contribution in [3.05, 3.63) is 87.9 Å². The van der Waals surface area contributed by atoms with Crippen LogP contribution in [0.4, 0.5) is 5.69 Å². The molecule has 0 spiro atoms. The van der Waals surface area contributed by atoms with E-state index in [1.807, 2.05) is 27.7 Å². The van der Waals surface area contributed by atoms with Crippen molar-refractivity contribution in [1.29, 1.82) is 0 Å². The number of nitrogens with one attached hydrogen (secondary N) is 1. The van der Waals surface area contributed by atoms with E-state index in [9.17, 15) is 18.0 Å². The van der Waals surface area contributed by atoms with E-state index in [0.717, 1.165) is 9.87 Å². The Morgan fingerprint density at radius 3 is 2.12 bits per heavy atom. The maximum Gasteiger partial charge on any atom is 0.264 e. The number of halogens is 2. The predicted molar refractivity (Wildman–Crippen MR) is 168 cm³/mol. The van der Waals surface area contributed by atoms with Crippen molar-refractivity contribution in [2.75, 3.05) is 17.5 Å². The van der Waals surface area contributed by atoms with Gasteiger partial charge in [-0.1, -0.05) is 53.9 Å². The largest absolute Gasteiger partial charge is 0.494 e. The molecule has 1 N–H and O–H groups in total. The van der Waals surface area contributed by atoms with Crippen LogP contribution in [0.15, 0.2) is 71.6 Å². The van der Waals surface area contributed by atoms with Gasteiger partial charge in [0.2, 0.25) is 11.8 Å². The highest BCUT2D eigenvalue weighted by Gasteiger charge is 2.34. The second-order valence-corrected chi connectivity index (χ2v) is 12.8. The molecular weight excluding hydrogens is 597 g/mol. The van der Waals surface area contributed by atoms with E-state index in [2.05, 4.69) is 5.32 Å². The molecule has 226 valence electrons. The highest BCUT2D eigenvalue weighted by atomic mass is 35.5. The minimum atomic E-state index is -4.18. The summed E-state index contributed by atoms with van der Waals surface area (Å²) < 4.78 is 34.6. The van der Waals surface area contributed by atoms with Gasteiger partial charge in [0, 0.05) is 12.6 Å². The van der Waals surface area contributed by atoms with Gasteiger partial charge in [-0.3, -0.25) is 13.9 Å². The van der Waals surface area contributed by atoms with E-state index >= 15 is 0 Å². The molecule has 3 rings (SSSR count). The Balaban J connectivity index is 2.08. The first-order valence-electron chi connectivity index (χ1n) is 13.7. The fourth-order valence-electron chi connectivity index (χ4n) is 4.38. The number of carbonyl (C=O) groups excluding carboxylic acids is 2. The summed E-state index contributed by atoms with van der Waals surface area (Å²) in [5.74, 6) is -0.329. The molecule has 3 aromatic carbocycles. The van der Waals surface area contributed by atoms with Gasteiger partial charge >= 0.3 is 0 Å². The molecule has 0 aliphatic carbocycles. The lowest BCUT2D eigenvalue weighted by Crippen LogP contribution is -2.53. The number of sulfonamides is 1. The summed E-state index contributed by atoms with van der Waals surface area (Å²) in [5.41, 5.74) is 1.82. The van der Waals surface area contributed by atoms with Crippen LogP contribution in [0.2, 0.25) is 10.0 Å². The zero-order valence-electron chi connectivity index (χ0n) is 24.4. The average Bonchev–Trinajstić information content (AvgIpc) is 2.94. The first kappa shape index (κ1) is 33.2. The SMILES string of the molecule is CCOc1ccc(N(CC(=O)N(Cc2ccc(Cl)c(Cl)c2)[C@@H](CC)C(=O)NC(C)C)S(=O)(=O)c2ccc(C)cc2)cc1. The minimum Gasteiger partial charge on any atom is -0.494 e. The summed E-state index contributed by atoms with van der Waals surface area (Å²) in [6.45, 7) is 9.09. The smallest absolute Gasteiger partial charge is 0.264 e. The van der Waals surface area contributed by atoms with Gasteiger partial charge in [0.1, 0.15) is 18.3 Å². The Kier molecular flexibility index (Phi) is 11.7. The van der Waals surface area contributed by atoms with Crippen LogP contribution in [0.1, 0.15) is 45.2 Å². The number of nitrogens with zero attached hydrogens (tertiary/aromatic N) is 2.